The molecule has 0 amide bonds. The molecule has 0 aromatic carbocycles. The molecule has 0 saturated heterocycles. The largest absolute Gasteiger partial charge is 0.444 e. The second-order valence-electron chi connectivity index (χ2n) is 5.13. The highest BCUT2D eigenvalue weighted by atomic mass is 35.5. The zero-order valence-corrected chi connectivity index (χ0v) is 13.3. The molecule has 0 bridgehead atoms. The summed E-state index contributed by atoms with van der Waals surface area (Å²) in [5.74, 6) is 2.34. The van der Waals surface area contributed by atoms with Crippen molar-refractivity contribution in [2.45, 2.75) is 39.1 Å². The fourth-order valence-corrected chi connectivity index (χ4v) is 2.70. The van der Waals surface area contributed by atoms with Crippen molar-refractivity contribution in [1.29, 1.82) is 0 Å². The minimum atomic E-state index is -0.197. The Kier molecular flexibility index (Phi) is 3.49. The Labute approximate surface area is 127 Å². The van der Waals surface area contributed by atoms with E-state index < -0.39 is 0 Å². The van der Waals surface area contributed by atoms with E-state index in [9.17, 15) is 0 Å². The number of imidazole rings is 1. The van der Waals surface area contributed by atoms with Crippen LogP contribution in [0.5, 0.6) is 0 Å². The minimum absolute atomic E-state index is 0.197. The molecule has 0 spiro atoms. The van der Waals surface area contributed by atoms with Crippen LogP contribution in [-0.4, -0.2) is 24.3 Å². The number of aryl methyl sites for hydroxylation is 3. The summed E-state index contributed by atoms with van der Waals surface area (Å²) in [6.07, 6.45) is 2.59. The van der Waals surface area contributed by atoms with Crippen LogP contribution in [0.15, 0.2) is 10.6 Å². The van der Waals surface area contributed by atoms with Crippen molar-refractivity contribution in [1.82, 2.24) is 24.3 Å². The highest BCUT2D eigenvalue weighted by Gasteiger charge is 2.21. The maximum absolute atomic E-state index is 6.28. The fraction of sp³-hybridized carbons (Fsp3) is 0.500. The first-order valence-electron chi connectivity index (χ1n) is 6.98. The summed E-state index contributed by atoms with van der Waals surface area (Å²) in [7, 11) is 1.91. The summed E-state index contributed by atoms with van der Waals surface area (Å²) in [6, 6.07) is 0. The van der Waals surface area contributed by atoms with Gasteiger partial charge in [-0.15, -0.1) is 11.6 Å². The smallest absolute Gasteiger partial charge is 0.214 e. The first-order chi connectivity index (χ1) is 10.0. The van der Waals surface area contributed by atoms with Crippen LogP contribution in [0.1, 0.15) is 42.4 Å². The second-order valence-corrected chi connectivity index (χ2v) is 5.78. The van der Waals surface area contributed by atoms with E-state index in [0.717, 1.165) is 34.9 Å². The Morgan fingerprint density at radius 1 is 1.43 bits per heavy atom. The zero-order chi connectivity index (χ0) is 15.1. The molecule has 1 atom stereocenters. The lowest BCUT2D eigenvalue weighted by atomic mass is 10.4. The van der Waals surface area contributed by atoms with Gasteiger partial charge in [-0.3, -0.25) is 4.68 Å². The van der Waals surface area contributed by atoms with Crippen LogP contribution in [0, 0.1) is 6.92 Å². The molecule has 0 aliphatic rings. The Bertz CT molecular complexity index is 783. The molecule has 6 nitrogen and oxygen atoms in total. The SMILES string of the molecule is CCc1cnc(Cn2c(C(C)Cl)nc3c(C)nn(C)c32)o1. The van der Waals surface area contributed by atoms with Gasteiger partial charge in [0.1, 0.15) is 23.6 Å². The summed E-state index contributed by atoms with van der Waals surface area (Å²) in [5.41, 5.74) is 2.71. The summed E-state index contributed by atoms with van der Waals surface area (Å²) < 4.78 is 9.55. The Morgan fingerprint density at radius 2 is 2.19 bits per heavy atom. The molecule has 21 heavy (non-hydrogen) atoms. The number of oxazole rings is 1. The summed E-state index contributed by atoms with van der Waals surface area (Å²) >= 11 is 6.28. The van der Waals surface area contributed by atoms with Gasteiger partial charge in [-0.25, -0.2) is 9.97 Å². The van der Waals surface area contributed by atoms with Crippen molar-refractivity contribution >= 4 is 22.8 Å². The maximum atomic E-state index is 6.28. The monoisotopic (exact) mass is 307 g/mol. The zero-order valence-electron chi connectivity index (χ0n) is 12.6. The standard InChI is InChI=1S/C14H18ClN5O/c1-5-10-6-16-11(21-10)7-20-13(8(2)15)17-12-9(3)18-19(4)14(12)20/h6,8H,5,7H2,1-4H3. The van der Waals surface area contributed by atoms with Gasteiger partial charge >= 0.3 is 0 Å². The average molecular weight is 308 g/mol. The van der Waals surface area contributed by atoms with E-state index in [2.05, 4.69) is 15.1 Å². The molecule has 0 aliphatic carbocycles. The van der Waals surface area contributed by atoms with E-state index in [4.69, 9.17) is 16.0 Å². The van der Waals surface area contributed by atoms with E-state index in [0.29, 0.717) is 12.4 Å². The number of nitrogens with zero attached hydrogens (tertiary/aromatic N) is 5. The lowest BCUT2D eigenvalue weighted by molar-refractivity contribution is 0.444. The van der Waals surface area contributed by atoms with Crippen molar-refractivity contribution in [3.8, 4) is 0 Å². The molecule has 7 heteroatoms. The molecule has 0 aliphatic heterocycles. The molecule has 0 radical (unpaired) electrons. The predicted molar refractivity (Wildman–Crippen MR) is 80.5 cm³/mol. The van der Waals surface area contributed by atoms with Crippen LogP contribution in [-0.2, 0) is 20.0 Å². The molecule has 3 heterocycles. The molecule has 1 unspecified atom stereocenters. The number of rotatable bonds is 4. The molecular formula is C14H18ClN5O. The van der Waals surface area contributed by atoms with E-state index in [1.807, 2.05) is 37.1 Å². The van der Waals surface area contributed by atoms with Crippen LogP contribution in [0.3, 0.4) is 0 Å². The van der Waals surface area contributed by atoms with E-state index in [-0.39, 0.29) is 5.38 Å². The normalized spacial score (nSPS) is 13.2. The first-order valence-corrected chi connectivity index (χ1v) is 7.42. The quantitative estimate of drug-likeness (QED) is 0.695. The molecule has 3 aromatic rings. The molecule has 3 rings (SSSR count). The topological polar surface area (TPSA) is 61.7 Å². The van der Waals surface area contributed by atoms with Gasteiger partial charge in [0.25, 0.3) is 0 Å². The fourth-order valence-electron chi connectivity index (χ4n) is 2.53. The van der Waals surface area contributed by atoms with Gasteiger partial charge in [0.05, 0.1) is 17.3 Å². The molecular weight excluding hydrogens is 290 g/mol. The molecule has 112 valence electrons. The first kappa shape index (κ1) is 14.1. The van der Waals surface area contributed by atoms with Crippen molar-refractivity contribution in [3.63, 3.8) is 0 Å². The van der Waals surface area contributed by atoms with Gasteiger partial charge in [0, 0.05) is 13.5 Å². The van der Waals surface area contributed by atoms with Gasteiger partial charge in [0.15, 0.2) is 5.65 Å². The number of halogens is 1. The van der Waals surface area contributed by atoms with E-state index in [1.54, 1.807) is 6.20 Å². The van der Waals surface area contributed by atoms with Gasteiger partial charge in [-0.05, 0) is 13.8 Å². The Balaban J connectivity index is 2.12. The van der Waals surface area contributed by atoms with Crippen LogP contribution in [0.4, 0.5) is 0 Å². The summed E-state index contributed by atoms with van der Waals surface area (Å²) in [6.45, 7) is 6.40. The van der Waals surface area contributed by atoms with Crippen molar-refractivity contribution in [2.75, 3.05) is 0 Å². The minimum Gasteiger partial charge on any atom is -0.444 e. The number of hydrogen-bond donors (Lipinski definition) is 0. The highest BCUT2D eigenvalue weighted by Crippen LogP contribution is 2.26. The summed E-state index contributed by atoms with van der Waals surface area (Å²) in [5, 5.41) is 4.22. The third kappa shape index (κ3) is 2.33. The molecule has 0 fully saturated rings. The van der Waals surface area contributed by atoms with Gasteiger partial charge in [-0.2, -0.15) is 5.10 Å². The predicted octanol–water partition coefficient (Wildman–Crippen LogP) is 2.98. The molecule has 0 N–H and O–H groups in total. The third-order valence-corrected chi connectivity index (χ3v) is 3.71. The highest BCUT2D eigenvalue weighted by molar-refractivity contribution is 6.20. The number of fused-ring (bicyclic) bond motifs is 1. The Hall–Kier alpha value is -1.82. The number of alkyl halides is 1. The van der Waals surface area contributed by atoms with Gasteiger partial charge < -0.3 is 8.98 Å². The third-order valence-electron chi connectivity index (χ3n) is 3.52. The number of hydrogen-bond acceptors (Lipinski definition) is 4. The lowest BCUT2D eigenvalue weighted by Crippen LogP contribution is -2.09. The second kappa shape index (κ2) is 5.18. The van der Waals surface area contributed by atoms with E-state index >= 15 is 0 Å². The van der Waals surface area contributed by atoms with Crippen molar-refractivity contribution in [2.24, 2.45) is 7.05 Å². The summed E-state index contributed by atoms with van der Waals surface area (Å²) in [4.78, 5) is 8.95. The average Bonchev–Trinajstić information content (AvgIpc) is 3.08. The van der Waals surface area contributed by atoms with Crippen LogP contribution in [0.25, 0.3) is 11.2 Å². The molecule has 0 saturated carbocycles. The van der Waals surface area contributed by atoms with Crippen LogP contribution in [0.2, 0.25) is 0 Å². The van der Waals surface area contributed by atoms with Gasteiger partial charge in [0.2, 0.25) is 5.89 Å². The Morgan fingerprint density at radius 3 is 2.81 bits per heavy atom. The van der Waals surface area contributed by atoms with Crippen LogP contribution >= 0.6 is 11.6 Å². The lowest BCUT2D eigenvalue weighted by Gasteiger charge is -2.08. The number of aromatic nitrogens is 5. The van der Waals surface area contributed by atoms with E-state index in [1.165, 1.54) is 0 Å². The van der Waals surface area contributed by atoms with Crippen molar-refractivity contribution < 1.29 is 4.42 Å². The van der Waals surface area contributed by atoms with Crippen LogP contribution < -0.4 is 0 Å². The van der Waals surface area contributed by atoms with Gasteiger partial charge in [-0.1, -0.05) is 6.92 Å². The maximum Gasteiger partial charge on any atom is 0.214 e. The molecule has 3 aromatic heterocycles. The van der Waals surface area contributed by atoms with Crippen molar-refractivity contribution in [3.05, 3.63) is 29.4 Å².